The molecule has 124 valence electrons. The number of carbonyl (C=O) groups excluding carboxylic acids is 1. The fraction of sp³-hybridized carbons (Fsp3) is 0.500. The Kier molecular flexibility index (Phi) is 6.61. The first-order valence-electron chi connectivity index (χ1n) is 7.76. The lowest BCUT2D eigenvalue weighted by Crippen LogP contribution is -2.34. The molecule has 0 aromatic carbocycles. The van der Waals surface area contributed by atoms with Crippen molar-refractivity contribution in [1.82, 2.24) is 19.9 Å². The molecule has 0 fully saturated rings. The number of methoxy groups -OCH3 is 1. The van der Waals surface area contributed by atoms with Crippen LogP contribution in [0, 0.1) is 0 Å². The highest BCUT2D eigenvalue weighted by Crippen LogP contribution is 2.27. The lowest BCUT2D eigenvalue weighted by Gasteiger charge is -2.21. The van der Waals surface area contributed by atoms with Crippen LogP contribution in [0.15, 0.2) is 18.5 Å². The summed E-state index contributed by atoms with van der Waals surface area (Å²) in [7, 11) is 1.64. The highest BCUT2D eigenvalue weighted by molar-refractivity contribution is 7.17. The summed E-state index contributed by atoms with van der Waals surface area (Å²) in [5, 5.41) is 0.689. The highest BCUT2D eigenvalue weighted by atomic mass is 32.1. The van der Waals surface area contributed by atoms with E-state index in [4.69, 9.17) is 4.74 Å². The number of thiazole rings is 1. The van der Waals surface area contributed by atoms with Crippen LogP contribution in [-0.2, 0) is 11.2 Å². The number of ether oxygens (including phenoxy) is 1. The topological polar surface area (TPSA) is 68.2 Å². The minimum Gasteiger partial charge on any atom is -0.383 e. The number of nitrogens with zero attached hydrogens (tertiary/aromatic N) is 4. The van der Waals surface area contributed by atoms with Crippen LogP contribution >= 0.6 is 11.3 Å². The molecule has 0 aliphatic heterocycles. The van der Waals surface area contributed by atoms with Gasteiger partial charge in [-0.2, -0.15) is 0 Å². The second kappa shape index (κ2) is 8.69. The molecule has 0 atom stereocenters. The summed E-state index contributed by atoms with van der Waals surface area (Å²) < 4.78 is 5.11. The number of rotatable bonds is 8. The second-order valence-corrected chi connectivity index (χ2v) is 6.00. The zero-order chi connectivity index (χ0) is 16.7. The lowest BCUT2D eigenvalue weighted by atomic mass is 10.2. The fourth-order valence-corrected chi connectivity index (χ4v) is 3.26. The van der Waals surface area contributed by atoms with E-state index in [0.29, 0.717) is 41.8 Å². The smallest absolute Gasteiger partial charge is 0.265 e. The van der Waals surface area contributed by atoms with Gasteiger partial charge in [-0.15, -0.1) is 11.3 Å². The van der Waals surface area contributed by atoms with Gasteiger partial charge >= 0.3 is 0 Å². The van der Waals surface area contributed by atoms with Crippen LogP contribution in [0.4, 0.5) is 0 Å². The van der Waals surface area contributed by atoms with Crippen molar-refractivity contribution in [2.45, 2.75) is 26.7 Å². The maximum atomic E-state index is 12.9. The summed E-state index contributed by atoms with van der Waals surface area (Å²) >= 11 is 1.36. The van der Waals surface area contributed by atoms with Crippen LogP contribution in [0.25, 0.3) is 10.8 Å². The molecular formula is C16H22N4O2S. The van der Waals surface area contributed by atoms with Gasteiger partial charge in [-0.05, 0) is 18.9 Å². The second-order valence-electron chi connectivity index (χ2n) is 5.01. The third kappa shape index (κ3) is 4.33. The van der Waals surface area contributed by atoms with Crippen molar-refractivity contribution in [1.29, 1.82) is 0 Å². The fourth-order valence-electron chi connectivity index (χ4n) is 2.19. The van der Waals surface area contributed by atoms with Crippen molar-refractivity contribution in [3.63, 3.8) is 0 Å². The maximum Gasteiger partial charge on any atom is 0.265 e. The maximum absolute atomic E-state index is 12.9. The number of hydrogen-bond donors (Lipinski definition) is 0. The molecule has 2 aromatic heterocycles. The largest absolute Gasteiger partial charge is 0.383 e. The lowest BCUT2D eigenvalue weighted by molar-refractivity contribution is 0.0699. The summed E-state index contributed by atoms with van der Waals surface area (Å²) in [6.45, 7) is 5.88. The standard InChI is InChI=1S/C16H22N4O2S/c1-4-9-20(10-11-22-3)16(21)13-12(5-2)19-15(23-13)14-17-7-6-8-18-14/h6-8H,4-5,9-11H2,1-3H3. The Labute approximate surface area is 140 Å². The van der Waals surface area contributed by atoms with E-state index in [2.05, 4.69) is 21.9 Å². The Bertz CT molecular complexity index is 630. The molecule has 2 rings (SSSR count). The van der Waals surface area contributed by atoms with E-state index in [0.717, 1.165) is 12.1 Å². The SMILES string of the molecule is CCCN(CCOC)C(=O)c1sc(-c2ncccn2)nc1CC. The molecule has 6 nitrogen and oxygen atoms in total. The first-order valence-corrected chi connectivity index (χ1v) is 8.58. The highest BCUT2D eigenvalue weighted by Gasteiger charge is 2.23. The van der Waals surface area contributed by atoms with E-state index in [1.807, 2.05) is 11.8 Å². The van der Waals surface area contributed by atoms with Gasteiger partial charge in [0.2, 0.25) is 0 Å². The minimum atomic E-state index is 0.0143. The van der Waals surface area contributed by atoms with E-state index in [1.165, 1.54) is 11.3 Å². The first kappa shape index (κ1) is 17.5. The van der Waals surface area contributed by atoms with Gasteiger partial charge in [0.25, 0.3) is 5.91 Å². The molecule has 0 N–H and O–H groups in total. The van der Waals surface area contributed by atoms with Crippen molar-refractivity contribution in [3.8, 4) is 10.8 Å². The minimum absolute atomic E-state index is 0.0143. The van der Waals surface area contributed by atoms with Gasteiger partial charge in [0.15, 0.2) is 10.8 Å². The summed E-state index contributed by atoms with van der Waals surface area (Å²) in [6.07, 6.45) is 4.97. The molecule has 0 saturated heterocycles. The number of aromatic nitrogens is 3. The zero-order valence-electron chi connectivity index (χ0n) is 13.8. The summed E-state index contributed by atoms with van der Waals surface area (Å²) in [4.78, 5) is 28.4. The molecule has 0 aliphatic rings. The predicted molar refractivity (Wildman–Crippen MR) is 90.6 cm³/mol. The Balaban J connectivity index is 2.29. The van der Waals surface area contributed by atoms with Crippen molar-refractivity contribution in [2.24, 2.45) is 0 Å². The van der Waals surface area contributed by atoms with E-state index >= 15 is 0 Å². The monoisotopic (exact) mass is 334 g/mol. The van der Waals surface area contributed by atoms with Gasteiger partial charge in [0.1, 0.15) is 4.88 Å². The molecular weight excluding hydrogens is 312 g/mol. The molecule has 0 unspecified atom stereocenters. The molecule has 1 amide bonds. The van der Waals surface area contributed by atoms with E-state index in [9.17, 15) is 4.79 Å². The van der Waals surface area contributed by atoms with Gasteiger partial charge in [-0.3, -0.25) is 4.79 Å². The molecule has 0 radical (unpaired) electrons. The molecule has 0 bridgehead atoms. The summed E-state index contributed by atoms with van der Waals surface area (Å²) in [5.74, 6) is 0.575. The molecule has 0 saturated carbocycles. The van der Waals surface area contributed by atoms with E-state index in [-0.39, 0.29) is 5.91 Å². The predicted octanol–water partition coefficient (Wildman–Crippen LogP) is 2.66. The third-order valence-corrected chi connectivity index (χ3v) is 4.41. The van der Waals surface area contributed by atoms with Crippen molar-refractivity contribution < 1.29 is 9.53 Å². The van der Waals surface area contributed by atoms with Crippen molar-refractivity contribution >= 4 is 17.2 Å². The number of aryl methyl sites for hydroxylation is 1. The van der Waals surface area contributed by atoms with Crippen LogP contribution < -0.4 is 0 Å². The van der Waals surface area contributed by atoms with Gasteiger partial charge in [0.05, 0.1) is 12.3 Å². The quantitative estimate of drug-likeness (QED) is 0.742. The third-order valence-electron chi connectivity index (χ3n) is 3.33. The zero-order valence-corrected chi connectivity index (χ0v) is 14.6. The van der Waals surface area contributed by atoms with Crippen LogP contribution in [0.3, 0.4) is 0 Å². The number of amides is 1. The molecule has 23 heavy (non-hydrogen) atoms. The van der Waals surface area contributed by atoms with Gasteiger partial charge in [-0.25, -0.2) is 15.0 Å². The van der Waals surface area contributed by atoms with Crippen LogP contribution in [0.2, 0.25) is 0 Å². The number of carbonyl (C=O) groups is 1. The van der Waals surface area contributed by atoms with Crippen molar-refractivity contribution in [3.05, 3.63) is 29.0 Å². The molecule has 7 heteroatoms. The molecule has 0 aliphatic carbocycles. The van der Waals surface area contributed by atoms with Gasteiger partial charge < -0.3 is 9.64 Å². The summed E-state index contributed by atoms with van der Waals surface area (Å²) in [6, 6.07) is 1.76. The van der Waals surface area contributed by atoms with Crippen LogP contribution in [-0.4, -0.2) is 52.6 Å². The Morgan fingerprint density at radius 3 is 2.61 bits per heavy atom. The van der Waals surface area contributed by atoms with E-state index in [1.54, 1.807) is 25.6 Å². The average Bonchev–Trinajstić information content (AvgIpc) is 3.03. The summed E-state index contributed by atoms with van der Waals surface area (Å²) in [5.41, 5.74) is 0.806. The Hall–Kier alpha value is -1.86. The van der Waals surface area contributed by atoms with Crippen LogP contribution in [0.1, 0.15) is 35.6 Å². The van der Waals surface area contributed by atoms with E-state index < -0.39 is 0 Å². The molecule has 2 aromatic rings. The van der Waals surface area contributed by atoms with Crippen molar-refractivity contribution in [2.75, 3.05) is 26.8 Å². The Morgan fingerprint density at radius 2 is 2.00 bits per heavy atom. The van der Waals surface area contributed by atoms with Gasteiger partial charge in [0, 0.05) is 32.6 Å². The first-order chi connectivity index (χ1) is 11.2. The molecule has 0 spiro atoms. The number of hydrogen-bond acceptors (Lipinski definition) is 6. The van der Waals surface area contributed by atoms with Gasteiger partial charge in [-0.1, -0.05) is 13.8 Å². The average molecular weight is 334 g/mol. The normalized spacial score (nSPS) is 10.7. The van der Waals surface area contributed by atoms with Crippen LogP contribution in [0.5, 0.6) is 0 Å². The Morgan fingerprint density at radius 1 is 1.26 bits per heavy atom. The molecule has 2 heterocycles.